The summed E-state index contributed by atoms with van der Waals surface area (Å²) in [5, 5.41) is -0.0511. The molecule has 1 heterocycles. The number of carbonyl (C=O) groups excluding carboxylic acids is 2. The van der Waals surface area contributed by atoms with E-state index in [2.05, 4.69) is 0 Å². The van der Waals surface area contributed by atoms with Crippen molar-refractivity contribution in [2.24, 2.45) is 0 Å². The Labute approximate surface area is 188 Å². The van der Waals surface area contributed by atoms with Gasteiger partial charge < -0.3 is 13.9 Å². The van der Waals surface area contributed by atoms with E-state index in [-0.39, 0.29) is 42.2 Å². The van der Waals surface area contributed by atoms with Crippen molar-refractivity contribution >= 4 is 23.4 Å². The summed E-state index contributed by atoms with van der Waals surface area (Å²) in [5.74, 6) is -2.92. The van der Waals surface area contributed by atoms with Gasteiger partial charge in [0.1, 0.15) is 24.3 Å². The number of ether oxygens (including phenoxy) is 2. The molecule has 0 atom stereocenters. The molecular formula is C24H20ClFO6. The smallest absolute Gasteiger partial charge is 0.378 e. The molecule has 3 rings (SSSR count). The maximum Gasteiger partial charge on any atom is 0.378 e. The molecule has 0 radical (unpaired) electrons. The first kappa shape index (κ1) is 23.2. The van der Waals surface area contributed by atoms with Crippen molar-refractivity contribution in [3.63, 3.8) is 0 Å². The highest BCUT2D eigenvalue weighted by atomic mass is 35.5. The zero-order chi connectivity index (χ0) is 23.1. The Kier molecular flexibility index (Phi) is 7.78. The van der Waals surface area contributed by atoms with Crippen LogP contribution in [0, 0.1) is 5.82 Å². The topological polar surface area (TPSA) is 82.8 Å². The number of rotatable bonds is 9. The minimum Gasteiger partial charge on any atom is -0.481 e. The van der Waals surface area contributed by atoms with Gasteiger partial charge in [0.2, 0.25) is 11.2 Å². The van der Waals surface area contributed by atoms with Gasteiger partial charge in [0, 0.05) is 6.42 Å². The van der Waals surface area contributed by atoms with E-state index in [1.165, 1.54) is 12.1 Å². The average molecular weight is 459 g/mol. The fourth-order valence-electron chi connectivity index (χ4n) is 2.97. The summed E-state index contributed by atoms with van der Waals surface area (Å²) >= 11 is 5.76. The van der Waals surface area contributed by atoms with Crippen LogP contribution in [-0.4, -0.2) is 18.4 Å². The molecule has 0 aliphatic carbocycles. The van der Waals surface area contributed by atoms with Gasteiger partial charge in [-0.3, -0.25) is 9.59 Å². The molecule has 0 amide bonds. The molecule has 0 saturated carbocycles. The number of hydrogen-bond donors (Lipinski definition) is 0. The van der Waals surface area contributed by atoms with Gasteiger partial charge in [-0.1, -0.05) is 54.1 Å². The van der Waals surface area contributed by atoms with E-state index in [4.69, 9.17) is 25.5 Å². The quantitative estimate of drug-likeness (QED) is 0.331. The molecule has 8 heteroatoms. The monoisotopic (exact) mass is 458 g/mol. The van der Waals surface area contributed by atoms with Crippen LogP contribution in [0.5, 0.6) is 5.75 Å². The molecule has 0 saturated heterocycles. The molecule has 0 aliphatic heterocycles. The molecule has 0 unspecified atom stereocenters. The first-order chi connectivity index (χ1) is 15.4. The third-order valence-electron chi connectivity index (χ3n) is 4.59. The molecule has 1 aromatic heterocycles. The van der Waals surface area contributed by atoms with Gasteiger partial charge in [0.25, 0.3) is 5.76 Å². The summed E-state index contributed by atoms with van der Waals surface area (Å²) in [7, 11) is 0. The Morgan fingerprint density at radius 3 is 2.56 bits per heavy atom. The lowest BCUT2D eigenvalue weighted by molar-refractivity contribution is 0.0477. The Morgan fingerprint density at radius 2 is 1.84 bits per heavy atom. The fraction of sp³-hybridized carbons (Fsp3) is 0.208. The summed E-state index contributed by atoms with van der Waals surface area (Å²) in [5.41, 5.74) is -0.107. The first-order valence-corrected chi connectivity index (χ1v) is 10.3. The Hall–Kier alpha value is -3.45. The van der Waals surface area contributed by atoms with Crippen molar-refractivity contribution in [1.82, 2.24) is 0 Å². The number of Topliss-reactive ketones (excluding diaryl/α,β-unsaturated/α-hetero) is 1. The van der Waals surface area contributed by atoms with Gasteiger partial charge in [-0.25, -0.2) is 9.18 Å². The number of esters is 1. The van der Waals surface area contributed by atoms with E-state index >= 15 is 0 Å². The molecule has 0 N–H and O–H groups in total. The minimum atomic E-state index is -0.882. The summed E-state index contributed by atoms with van der Waals surface area (Å²) in [6.45, 7) is 1.64. The standard InChI is InChI=1S/C24H20ClFO6/c1-2-30-24(29)23-22(31-13-15-7-4-3-5-8-15)21(28)17(14-32-23)19(27)12-11-16-9-6-10-18(25)20(16)26/h3-10,14H,2,11-13H2,1H3. The number of ketones is 1. The Balaban J connectivity index is 1.87. The number of hydrogen-bond acceptors (Lipinski definition) is 6. The predicted molar refractivity (Wildman–Crippen MR) is 116 cm³/mol. The molecule has 0 fully saturated rings. The average Bonchev–Trinajstić information content (AvgIpc) is 2.79. The normalized spacial score (nSPS) is 10.6. The largest absolute Gasteiger partial charge is 0.481 e. The number of aryl methyl sites for hydroxylation is 1. The molecule has 0 bridgehead atoms. The Bertz CT molecular complexity index is 1170. The third kappa shape index (κ3) is 5.42. The van der Waals surface area contributed by atoms with Crippen LogP contribution in [-0.2, 0) is 17.8 Å². The molecule has 166 valence electrons. The molecule has 32 heavy (non-hydrogen) atoms. The molecular weight excluding hydrogens is 439 g/mol. The van der Waals surface area contributed by atoms with Gasteiger partial charge >= 0.3 is 5.97 Å². The van der Waals surface area contributed by atoms with Crippen molar-refractivity contribution < 1.29 is 27.9 Å². The van der Waals surface area contributed by atoms with E-state index < -0.39 is 34.5 Å². The second kappa shape index (κ2) is 10.7. The Morgan fingerprint density at radius 1 is 1.09 bits per heavy atom. The van der Waals surface area contributed by atoms with Crippen LogP contribution in [0.25, 0.3) is 0 Å². The zero-order valence-corrected chi connectivity index (χ0v) is 18.0. The van der Waals surface area contributed by atoms with Gasteiger partial charge in [-0.05, 0) is 30.5 Å². The van der Waals surface area contributed by atoms with Gasteiger partial charge in [-0.15, -0.1) is 0 Å². The molecule has 6 nitrogen and oxygen atoms in total. The third-order valence-corrected chi connectivity index (χ3v) is 4.88. The van der Waals surface area contributed by atoms with Gasteiger partial charge in [-0.2, -0.15) is 0 Å². The van der Waals surface area contributed by atoms with E-state index in [1.807, 2.05) is 6.07 Å². The second-order valence-electron chi connectivity index (χ2n) is 6.77. The maximum absolute atomic E-state index is 14.1. The molecule has 0 aliphatic rings. The molecule has 3 aromatic rings. The highest BCUT2D eigenvalue weighted by molar-refractivity contribution is 6.30. The van der Waals surface area contributed by atoms with Gasteiger partial charge in [0.05, 0.1) is 11.6 Å². The predicted octanol–water partition coefficient (Wildman–Crippen LogP) is 5.00. The fourth-order valence-corrected chi connectivity index (χ4v) is 3.16. The lowest BCUT2D eigenvalue weighted by Crippen LogP contribution is -2.21. The van der Waals surface area contributed by atoms with E-state index in [0.717, 1.165) is 11.8 Å². The lowest BCUT2D eigenvalue weighted by Gasteiger charge is -2.11. The van der Waals surface area contributed by atoms with E-state index in [9.17, 15) is 18.8 Å². The van der Waals surface area contributed by atoms with E-state index in [1.54, 1.807) is 37.3 Å². The summed E-state index contributed by atoms with van der Waals surface area (Å²) < 4.78 is 29.8. The van der Waals surface area contributed by atoms with Crippen LogP contribution in [0.1, 0.15) is 45.4 Å². The van der Waals surface area contributed by atoms with Crippen molar-refractivity contribution in [3.05, 3.63) is 98.3 Å². The first-order valence-electron chi connectivity index (χ1n) is 9.88. The maximum atomic E-state index is 14.1. The van der Waals surface area contributed by atoms with Crippen LogP contribution in [0.2, 0.25) is 5.02 Å². The van der Waals surface area contributed by atoms with Crippen LogP contribution in [0.4, 0.5) is 4.39 Å². The molecule has 2 aromatic carbocycles. The highest BCUT2D eigenvalue weighted by Crippen LogP contribution is 2.21. The highest BCUT2D eigenvalue weighted by Gasteiger charge is 2.25. The minimum absolute atomic E-state index is 0.0244. The van der Waals surface area contributed by atoms with Crippen molar-refractivity contribution in [2.75, 3.05) is 6.61 Å². The SMILES string of the molecule is CCOC(=O)c1occ(C(=O)CCc2cccc(Cl)c2F)c(=O)c1OCc1ccccc1. The van der Waals surface area contributed by atoms with Crippen molar-refractivity contribution in [2.45, 2.75) is 26.4 Å². The van der Waals surface area contributed by atoms with E-state index in [0.29, 0.717) is 0 Å². The van der Waals surface area contributed by atoms with Crippen molar-refractivity contribution in [1.29, 1.82) is 0 Å². The van der Waals surface area contributed by atoms with Crippen LogP contribution < -0.4 is 10.2 Å². The number of benzene rings is 2. The van der Waals surface area contributed by atoms with Crippen LogP contribution in [0.3, 0.4) is 0 Å². The molecule has 0 spiro atoms. The number of carbonyl (C=O) groups is 2. The lowest BCUT2D eigenvalue weighted by atomic mass is 10.0. The van der Waals surface area contributed by atoms with Crippen molar-refractivity contribution in [3.8, 4) is 5.75 Å². The zero-order valence-electron chi connectivity index (χ0n) is 17.2. The number of halogens is 2. The second-order valence-corrected chi connectivity index (χ2v) is 7.17. The van der Waals surface area contributed by atoms with Crippen LogP contribution >= 0.6 is 11.6 Å². The van der Waals surface area contributed by atoms with Crippen LogP contribution in [0.15, 0.2) is 64.0 Å². The summed E-state index contributed by atoms with van der Waals surface area (Å²) in [6.07, 6.45) is 0.768. The summed E-state index contributed by atoms with van der Waals surface area (Å²) in [6, 6.07) is 13.5. The summed E-state index contributed by atoms with van der Waals surface area (Å²) in [4.78, 5) is 37.9. The van der Waals surface area contributed by atoms with Gasteiger partial charge in [0.15, 0.2) is 5.78 Å².